The molecule has 218 valence electrons. The minimum Gasteiger partial charge on any atom is -0.457 e. The normalized spacial score (nSPS) is 11.8. The van der Waals surface area contributed by atoms with E-state index in [2.05, 4.69) is 21.2 Å². The zero-order chi connectivity index (χ0) is 30.1. The number of nitrogens with one attached hydrogen (secondary N) is 1. The van der Waals surface area contributed by atoms with Crippen molar-refractivity contribution in [2.75, 3.05) is 24.2 Å². The minimum absolute atomic E-state index is 0.102. The summed E-state index contributed by atoms with van der Waals surface area (Å²) in [5.74, 6) is 0.288. The number of sulfonamides is 1. The van der Waals surface area contributed by atoms with E-state index in [9.17, 15) is 18.0 Å². The molecule has 10 heteroatoms. The zero-order valence-corrected chi connectivity index (χ0v) is 25.7. The molecule has 0 radical (unpaired) electrons. The van der Waals surface area contributed by atoms with Gasteiger partial charge in [-0.2, -0.15) is 0 Å². The van der Waals surface area contributed by atoms with Crippen molar-refractivity contribution in [2.45, 2.75) is 19.0 Å². The number of carbonyl (C=O) groups is 2. The van der Waals surface area contributed by atoms with Crippen LogP contribution in [0.5, 0.6) is 11.5 Å². The van der Waals surface area contributed by atoms with E-state index in [0.29, 0.717) is 17.2 Å². The highest BCUT2D eigenvalue weighted by Crippen LogP contribution is 2.26. The Bertz CT molecular complexity index is 1600. The van der Waals surface area contributed by atoms with Crippen molar-refractivity contribution in [3.8, 4) is 11.5 Å². The van der Waals surface area contributed by atoms with E-state index >= 15 is 0 Å². The Balaban J connectivity index is 1.65. The highest BCUT2D eigenvalue weighted by Gasteiger charge is 2.32. The first kappa shape index (κ1) is 30.8. The Morgan fingerprint density at radius 2 is 1.43 bits per heavy atom. The van der Waals surface area contributed by atoms with E-state index in [1.165, 1.54) is 11.9 Å². The Morgan fingerprint density at radius 1 is 0.833 bits per heavy atom. The standard InChI is InChI=1S/C32H32BrN3O5S/c1-34-32(38)30(21-24-10-5-3-6-11-24)35(22-25-12-9-13-26(33)20-25)31(37)23-36(42(2,39)40)27-16-18-29(19-17-27)41-28-14-7-4-8-15-28/h3-20,30H,21-23H2,1-2H3,(H,34,38)/t30-/m0/s1. The lowest BCUT2D eigenvalue weighted by Gasteiger charge is -2.33. The third kappa shape index (κ3) is 8.43. The van der Waals surface area contributed by atoms with Gasteiger partial charge in [0.2, 0.25) is 21.8 Å². The highest BCUT2D eigenvalue weighted by molar-refractivity contribution is 9.10. The largest absolute Gasteiger partial charge is 0.457 e. The topological polar surface area (TPSA) is 96.0 Å². The zero-order valence-electron chi connectivity index (χ0n) is 23.3. The first-order valence-electron chi connectivity index (χ1n) is 13.2. The number of halogens is 1. The van der Waals surface area contributed by atoms with Gasteiger partial charge in [0.1, 0.15) is 24.1 Å². The summed E-state index contributed by atoms with van der Waals surface area (Å²) in [6.45, 7) is -0.390. The maximum Gasteiger partial charge on any atom is 0.244 e. The van der Waals surface area contributed by atoms with Gasteiger partial charge in [-0.15, -0.1) is 0 Å². The molecule has 0 heterocycles. The molecule has 0 saturated carbocycles. The average molecular weight is 651 g/mol. The lowest BCUT2D eigenvalue weighted by Crippen LogP contribution is -2.52. The lowest BCUT2D eigenvalue weighted by atomic mass is 10.0. The quantitative estimate of drug-likeness (QED) is 0.222. The molecule has 0 spiro atoms. The molecule has 1 N–H and O–H groups in total. The predicted molar refractivity (Wildman–Crippen MR) is 168 cm³/mol. The fourth-order valence-corrected chi connectivity index (χ4v) is 5.77. The van der Waals surface area contributed by atoms with Crippen LogP contribution in [0.4, 0.5) is 5.69 Å². The van der Waals surface area contributed by atoms with Crippen LogP contribution in [0.2, 0.25) is 0 Å². The van der Waals surface area contributed by atoms with Gasteiger partial charge in [0.15, 0.2) is 0 Å². The average Bonchev–Trinajstić information content (AvgIpc) is 2.98. The van der Waals surface area contributed by atoms with Crippen LogP contribution in [0.1, 0.15) is 11.1 Å². The van der Waals surface area contributed by atoms with E-state index < -0.39 is 28.5 Å². The summed E-state index contributed by atoms with van der Waals surface area (Å²) in [6.07, 6.45) is 1.30. The molecule has 0 unspecified atom stereocenters. The number of hydrogen-bond donors (Lipinski definition) is 1. The second kappa shape index (κ2) is 14.2. The lowest BCUT2D eigenvalue weighted by molar-refractivity contribution is -0.139. The minimum atomic E-state index is -3.87. The van der Waals surface area contributed by atoms with Crippen molar-refractivity contribution >= 4 is 43.5 Å². The summed E-state index contributed by atoms with van der Waals surface area (Å²) in [5.41, 5.74) is 1.95. The predicted octanol–water partition coefficient (Wildman–Crippen LogP) is 5.39. The first-order chi connectivity index (χ1) is 20.1. The molecule has 0 saturated heterocycles. The SMILES string of the molecule is CNC(=O)[C@H](Cc1ccccc1)N(Cc1cccc(Br)c1)C(=O)CN(c1ccc(Oc2ccccc2)cc1)S(C)(=O)=O. The molecular weight excluding hydrogens is 618 g/mol. The highest BCUT2D eigenvalue weighted by atomic mass is 79.9. The Kier molecular flexibility index (Phi) is 10.4. The van der Waals surface area contributed by atoms with E-state index in [-0.39, 0.29) is 18.9 Å². The van der Waals surface area contributed by atoms with Gasteiger partial charge in [-0.1, -0.05) is 76.6 Å². The molecule has 0 aliphatic rings. The van der Waals surface area contributed by atoms with Crippen molar-refractivity contribution < 1.29 is 22.7 Å². The molecule has 4 aromatic rings. The van der Waals surface area contributed by atoms with Gasteiger partial charge in [0.05, 0.1) is 11.9 Å². The molecule has 42 heavy (non-hydrogen) atoms. The number of nitrogens with zero attached hydrogens (tertiary/aromatic N) is 2. The van der Waals surface area contributed by atoms with E-state index in [4.69, 9.17) is 4.74 Å². The fourth-order valence-electron chi connectivity index (χ4n) is 4.47. The third-order valence-electron chi connectivity index (χ3n) is 6.54. The van der Waals surface area contributed by atoms with Gasteiger partial charge in [0, 0.05) is 24.5 Å². The van der Waals surface area contributed by atoms with Gasteiger partial charge < -0.3 is 15.0 Å². The van der Waals surface area contributed by atoms with Gasteiger partial charge >= 0.3 is 0 Å². The molecule has 4 rings (SSSR count). The monoisotopic (exact) mass is 649 g/mol. The van der Waals surface area contributed by atoms with Crippen LogP contribution in [0.3, 0.4) is 0 Å². The molecule has 2 amide bonds. The molecule has 0 bridgehead atoms. The number of carbonyl (C=O) groups excluding carboxylic acids is 2. The number of benzene rings is 4. The van der Waals surface area contributed by atoms with Crippen molar-refractivity contribution in [2.24, 2.45) is 0 Å². The number of likely N-dealkylation sites (N-methyl/N-ethyl adjacent to an activating group) is 1. The summed E-state index contributed by atoms with van der Waals surface area (Å²) < 4.78 is 33.6. The Hall–Kier alpha value is -4.15. The van der Waals surface area contributed by atoms with E-state index in [1.807, 2.05) is 84.9 Å². The van der Waals surface area contributed by atoms with E-state index in [1.54, 1.807) is 24.3 Å². The third-order valence-corrected chi connectivity index (χ3v) is 8.18. The molecule has 8 nitrogen and oxygen atoms in total. The molecular formula is C32H32BrN3O5S. The van der Waals surface area contributed by atoms with Gasteiger partial charge in [-0.05, 0) is 59.7 Å². The van der Waals surface area contributed by atoms with E-state index in [0.717, 1.165) is 26.2 Å². The number of hydrogen-bond acceptors (Lipinski definition) is 5. The molecule has 0 aromatic heterocycles. The Morgan fingerprint density at radius 3 is 2.02 bits per heavy atom. The molecule has 0 fully saturated rings. The second-order valence-corrected chi connectivity index (χ2v) is 12.5. The summed E-state index contributed by atoms with van der Waals surface area (Å²) >= 11 is 3.47. The first-order valence-corrected chi connectivity index (χ1v) is 15.9. The maximum atomic E-state index is 14.0. The molecule has 0 aliphatic heterocycles. The van der Waals surface area contributed by atoms with Crippen LogP contribution in [0.25, 0.3) is 0 Å². The van der Waals surface area contributed by atoms with Crippen LogP contribution in [0, 0.1) is 0 Å². The Labute approximate surface area is 255 Å². The summed E-state index contributed by atoms with van der Waals surface area (Å²) in [7, 11) is -2.35. The van der Waals surface area contributed by atoms with Gasteiger partial charge in [-0.3, -0.25) is 13.9 Å². The summed E-state index contributed by atoms with van der Waals surface area (Å²) in [5, 5.41) is 2.67. The second-order valence-electron chi connectivity index (χ2n) is 9.65. The fraction of sp³-hybridized carbons (Fsp3) is 0.188. The van der Waals surface area contributed by atoms with Crippen LogP contribution in [-0.2, 0) is 32.6 Å². The summed E-state index contributed by atoms with van der Waals surface area (Å²) in [6, 6.07) is 31.6. The number of anilines is 1. The number of ether oxygens (including phenoxy) is 1. The van der Waals surface area contributed by atoms with Crippen molar-refractivity contribution in [3.05, 3.63) is 125 Å². The smallest absolute Gasteiger partial charge is 0.244 e. The maximum absolute atomic E-state index is 14.0. The number of para-hydroxylation sites is 1. The van der Waals surface area contributed by atoms with Crippen molar-refractivity contribution in [3.63, 3.8) is 0 Å². The van der Waals surface area contributed by atoms with Gasteiger partial charge in [-0.25, -0.2) is 8.42 Å². The summed E-state index contributed by atoms with van der Waals surface area (Å²) in [4.78, 5) is 28.7. The van der Waals surface area contributed by atoms with Crippen LogP contribution >= 0.6 is 15.9 Å². The number of amides is 2. The van der Waals surface area contributed by atoms with Crippen molar-refractivity contribution in [1.29, 1.82) is 0 Å². The van der Waals surface area contributed by atoms with Crippen LogP contribution in [-0.4, -0.2) is 51.0 Å². The van der Waals surface area contributed by atoms with Crippen molar-refractivity contribution in [1.82, 2.24) is 10.2 Å². The van der Waals surface area contributed by atoms with Crippen LogP contribution < -0.4 is 14.4 Å². The van der Waals surface area contributed by atoms with Gasteiger partial charge in [0.25, 0.3) is 0 Å². The van der Waals surface area contributed by atoms with Crippen LogP contribution in [0.15, 0.2) is 114 Å². The molecule has 1 atom stereocenters. The molecule has 4 aromatic carbocycles. The molecule has 0 aliphatic carbocycles. The number of rotatable bonds is 12.